The first kappa shape index (κ1) is 17.2. The molecular formula is C14H24N6O3S. The molecule has 24 heavy (non-hydrogen) atoms. The van der Waals surface area contributed by atoms with Crippen LogP contribution < -0.4 is 0 Å². The van der Waals surface area contributed by atoms with Gasteiger partial charge in [-0.1, -0.05) is 0 Å². The molecule has 1 aromatic heterocycles. The van der Waals surface area contributed by atoms with Crippen molar-refractivity contribution in [3.8, 4) is 0 Å². The van der Waals surface area contributed by atoms with Gasteiger partial charge >= 0.3 is 6.03 Å². The average molecular weight is 356 g/mol. The molecule has 3 rings (SSSR count). The van der Waals surface area contributed by atoms with Crippen LogP contribution in [-0.4, -0.2) is 94.7 Å². The summed E-state index contributed by atoms with van der Waals surface area (Å²) in [7, 11) is 0.237. The maximum Gasteiger partial charge on any atom is 0.319 e. The minimum atomic E-state index is -3.15. The zero-order valence-electron chi connectivity index (χ0n) is 14.3. The summed E-state index contributed by atoms with van der Waals surface area (Å²) >= 11 is 0. The summed E-state index contributed by atoms with van der Waals surface area (Å²) in [6, 6.07) is -0.607. The van der Waals surface area contributed by atoms with Crippen molar-refractivity contribution >= 4 is 15.9 Å². The number of piperazine rings is 1. The Labute approximate surface area is 142 Å². The van der Waals surface area contributed by atoms with E-state index in [4.69, 9.17) is 0 Å². The molecule has 1 aromatic rings. The highest BCUT2D eigenvalue weighted by atomic mass is 32.2. The SMILES string of the molecule is CCn1cnnc1CN1CCN(C(=O)N(C)C)[C@H]2CS(=O)(=O)C[C@H]21. The predicted molar refractivity (Wildman–Crippen MR) is 88.1 cm³/mol. The third-order valence-corrected chi connectivity index (χ3v) is 6.50. The maximum absolute atomic E-state index is 12.4. The van der Waals surface area contributed by atoms with Crippen LogP contribution in [0.5, 0.6) is 0 Å². The minimum Gasteiger partial charge on any atom is -0.331 e. The third-order valence-electron chi connectivity index (χ3n) is 4.80. The Balaban J connectivity index is 1.83. The molecule has 2 atom stereocenters. The van der Waals surface area contributed by atoms with Gasteiger partial charge in [0.2, 0.25) is 0 Å². The maximum atomic E-state index is 12.4. The fourth-order valence-electron chi connectivity index (χ4n) is 3.56. The Morgan fingerprint density at radius 3 is 2.67 bits per heavy atom. The number of carbonyl (C=O) groups is 1. The largest absolute Gasteiger partial charge is 0.331 e. The Bertz CT molecular complexity index is 716. The number of hydrogen-bond donors (Lipinski definition) is 0. The van der Waals surface area contributed by atoms with Gasteiger partial charge < -0.3 is 14.4 Å². The van der Waals surface area contributed by atoms with Gasteiger partial charge in [-0.15, -0.1) is 10.2 Å². The fraction of sp³-hybridized carbons (Fsp3) is 0.786. The first-order valence-corrected chi connectivity index (χ1v) is 9.93. The number of aryl methyl sites for hydroxylation is 1. The van der Waals surface area contributed by atoms with Crippen molar-refractivity contribution in [1.29, 1.82) is 0 Å². The van der Waals surface area contributed by atoms with Crippen molar-refractivity contribution in [3.05, 3.63) is 12.2 Å². The third kappa shape index (κ3) is 3.12. The highest BCUT2D eigenvalue weighted by Gasteiger charge is 2.48. The smallest absolute Gasteiger partial charge is 0.319 e. The van der Waals surface area contributed by atoms with Crippen LogP contribution in [0.2, 0.25) is 0 Å². The summed E-state index contributed by atoms with van der Waals surface area (Å²) < 4.78 is 26.3. The molecule has 9 nitrogen and oxygen atoms in total. The van der Waals surface area contributed by atoms with E-state index in [1.807, 2.05) is 11.5 Å². The second-order valence-corrected chi connectivity index (χ2v) is 8.74. The molecule has 0 aliphatic carbocycles. The number of urea groups is 1. The molecule has 0 aromatic carbocycles. The zero-order chi connectivity index (χ0) is 17.5. The summed E-state index contributed by atoms with van der Waals surface area (Å²) in [6.45, 7) is 4.49. The number of aromatic nitrogens is 3. The second kappa shape index (κ2) is 6.32. The van der Waals surface area contributed by atoms with Gasteiger partial charge in [0.05, 0.1) is 24.1 Å². The molecule has 0 unspecified atom stereocenters. The predicted octanol–water partition coefficient (Wildman–Crippen LogP) is -0.737. The normalized spacial score (nSPS) is 26.4. The van der Waals surface area contributed by atoms with Crippen molar-refractivity contribution in [2.45, 2.75) is 32.1 Å². The quantitative estimate of drug-likeness (QED) is 0.709. The number of hydrogen-bond acceptors (Lipinski definition) is 6. The lowest BCUT2D eigenvalue weighted by Crippen LogP contribution is -2.61. The molecule has 2 aliphatic rings. The van der Waals surface area contributed by atoms with Gasteiger partial charge in [0.25, 0.3) is 0 Å². The highest BCUT2D eigenvalue weighted by molar-refractivity contribution is 7.91. The molecule has 0 N–H and O–H groups in total. The zero-order valence-corrected chi connectivity index (χ0v) is 15.1. The standard InChI is InChI=1S/C14H24N6O3S/c1-4-18-10-15-16-13(18)7-19-5-6-20(14(21)17(2)3)12-9-24(22,23)8-11(12)19/h10-12H,4-9H2,1-3H3/t11-,12+/m1/s1. The van der Waals surface area contributed by atoms with Crippen LogP contribution in [0, 0.1) is 0 Å². The number of sulfone groups is 1. The van der Waals surface area contributed by atoms with Gasteiger partial charge in [-0.2, -0.15) is 0 Å². The van der Waals surface area contributed by atoms with E-state index < -0.39 is 9.84 Å². The van der Waals surface area contributed by atoms with Crippen molar-refractivity contribution in [2.24, 2.45) is 0 Å². The molecule has 2 saturated heterocycles. The molecule has 0 radical (unpaired) electrons. The second-order valence-electron chi connectivity index (χ2n) is 6.59. The molecule has 2 aliphatic heterocycles. The number of nitrogens with zero attached hydrogens (tertiary/aromatic N) is 6. The summed E-state index contributed by atoms with van der Waals surface area (Å²) in [5.74, 6) is 0.955. The van der Waals surface area contributed by atoms with E-state index in [0.717, 1.165) is 12.4 Å². The van der Waals surface area contributed by atoms with Gasteiger partial charge in [-0.3, -0.25) is 4.90 Å². The molecule has 2 amide bonds. The minimum absolute atomic E-state index is 0.0359. The summed E-state index contributed by atoms with van der Waals surface area (Å²) in [6.07, 6.45) is 1.68. The summed E-state index contributed by atoms with van der Waals surface area (Å²) in [4.78, 5) is 17.7. The van der Waals surface area contributed by atoms with Crippen LogP contribution in [0.15, 0.2) is 6.33 Å². The Morgan fingerprint density at radius 1 is 1.29 bits per heavy atom. The highest BCUT2D eigenvalue weighted by Crippen LogP contribution is 2.28. The topological polar surface area (TPSA) is 91.6 Å². The van der Waals surface area contributed by atoms with Crippen LogP contribution in [0.3, 0.4) is 0 Å². The lowest BCUT2D eigenvalue weighted by molar-refractivity contribution is 0.0499. The van der Waals surface area contributed by atoms with Crippen molar-refractivity contribution in [1.82, 2.24) is 29.5 Å². The molecule has 134 valence electrons. The van der Waals surface area contributed by atoms with E-state index in [0.29, 0.717) is 19.6 Å². The molecule has 0 bridgehead atoms. The van der Waals surface area contributed by atoms with Crippen molar-refractivity contribution < 1.29 is 13.2 Å². The molecule has 2 fully saturated rings. The van der Waals surface area contributed by atoms with E-state index in [1.54, 1.807) is 25.3 Å². The van der Waals surface area contributed by atoms with Crippen LogP contribution in [0.25, 0.3) is 0 Å². The van der Waals surface area contributed by atoms with Crippen LogP contribution in [-0.2, 0) is 22.9 Å². The van der Waals surface area contributed by atoms with E-state index in [9.17, 15) is 13.2 Å². The van der Waals surface area contributed by atoms with Gasteiger partial charge in [0.15, 0.2) is 9.84 Å². The lowest BCUT2D eigenvalue weighted by Gasteiger charge is -2.44. The molecule has 0 spiro atoms. The Kier molecular flexibility index (Phi) is 4.52. The van der Waals surface area contributed by atoms with E-state index in [2.05, 4.69) is 15.1 Å². The van der Waals surface area contributed by atoms with E-state index in [1.165, 1.54) is 4.90 Å². The van der Waals surface area contributed by atoms with Crippen molar-refractivity contribution in [3.63, 3.8) is 0 Å². The summed E-state index contributed by atoms with van der Waals surface area (Å²) in [5.41, 5.74) is 0. The fourth-order valence-corrected chi connectivity index (χ4v) is 5.57. The van der Waals surface area contributed by atoms with E-state index >= 15 is 0 Å². The first-order chi connectivity index (χ1) is 11.3. The summed E-state index contributed by atoms with van der Waals surface area (Å²) in [5, 5.41) is 8.08. The van der Waals surface area contributed by atoms with Gasteiger partial charge in [-0.25, -0.2) is 13.2 Å². The van der Waals surface area contributed by atoms with Gasteiger partial charge in [-0.05, 0) is 6.92 Å². The molecular weight excluding hydrogens is 332 g/mol. The first-order valence-electron chi connectivity index (χ1n) is 8.11. The number of fused-ring (bicyclic) bond motifs is 1. The number of carbonyl (C=O) groups excluding carboxylic acids is 1. The van der Waals surface area contributed by atoms with Crippen LogP contribution >= 0.6 is 0 Å². The number of rotatable bonds is 3. The van der Waals surface area contributed by atoms with Gasteiger partial charge in [0.1, 0.15) is 12.2 Å². The van der Waals surface area contributed by atoms with Gasteiger partial charge in [0, 0.05) is 39.8 Å². The molecule has 0 saturated carbocycles. The van der Waals surface area contributed by atoms with Crippen LogP contribution in [0.4, 0.5) is 4.79 Å². The average Bonchev–Trinajstić information content (AvgIpc) is 3.09. The van der Waals surface area contributed by atoms with E-state index in [-0.39, 0.29) is 29.6 Å². The Morgan fingerprint density at radius 2 is 2.00 bits per heavy atom. The number of amides is 2. The molecule has 3 heterocycles. The van der Waals surface area contributed by atoms with Crippen LogP contribution in [0.1, 0.15) is 12.7 Å². The monoisotopic (exact) mass is 356 g/mol. The Hall–Kier alpha value is -1.68. The lowest BCUT2D eigenvalue weighted by atomic mass is 10.1. The van der Waals surface area contributed by atoms with Crippen molar-refractivity contribution in [2.75, 3.05) is 38.7 Å². The molecule has 10 heteroatoms.